The van der Waals surface area contributed by atoms with Crippen LogP contribution in [0.1, 0.15) is 42.0 Å². The summed E-state index contributed by atoms with van der Waals surface area (Å²) in [7, 11) is 0. The second kappa shape index (κ2) is 5.46. The van der Waals surface area contributed by atoms with Crippen molar-refractivity contribution in [2.45, 2.75) is 38.6 Å². The molecule has 2 N–H and O–H groups in total. The van der Waals surface area contributed by atoms with Gasteiger partial charge in [0.15, 0.2) is 0 Å². The fourth-order valence-electron chi connectivity index (χ4n) is 2.49. The maximum absolute atomic E-state index is 8.80. The van der Waals surface area contributed by atoms with Crippen LogP contribution in [0.4, 0.5) is 0 Å². The Morgan fingerprint density at radius 1 is 1.44 bits per heavy atom. The molecule has 0 aromatic heterocycles. The number of aliphatic hydroxyl groups excluding tert-OH is 1. The van der Waals surface area contributed by atoms with Crippen molar-refractivity contribution in [1.82, 2.24) is 5.32 Å². The van der Waals surface area contributed by atoms with E-state index in [4.69, 9.17) is 5.11 Å². The summed E-state index contributed by atoms with van der Waals surface area (Å²) in [5.41, 5.74) is 4.32. The van der Waals surface area contributed by atoms with E-state index in [9.17, 15) is 0 Å². The predicted molar refractivity (Wildman–Crippen MR) is 66.6 cm³/mol. The van der Waals surface area contributed by atoms with E-state index >= 15 is 0 Å². The van der Waals surface area contributed by atoms with Crippen LogP contribution >= 0.6 is 0 Å². The van der Waals surface area contributed by atoms with Crippen LogP contribution in [0.25, 0.3) is 0 Å². The smallest absolute Gasteiger partial charge is 0.0443 e. The van der Waals surface area contributed by atoms with E-state index in [-0.39, 0.29) is 6.61 Å². The van der Waals surface area contributed by atoms with Gasteiger partial charge in [-0.3, -0.25) is 0 Å². The van der Waals surface area contributed by atoms with Crippen LogP contribution in [0, 0.1) is 6.92 Å². The van der Waals surface area contributed by atoms with Crippen LogP contribution in [0.2, 0.25) is 0 Å². The molecule has 0 aliphatic heterocycles. The summed E-state index contributed by atoms with van der Waals surface area (Å²) in [4.78, 5) is 0. The van der Waals surface area contributed by atoms with Gasteiger partial charge in [-0.05, 0) is 50.3 Å². The van der Waals surface area contributed by atoms with E-state index in [1.807, 2.05) is 0 Å². The lowest BCUT2D eigenvalue weighted by atomic mass is 9.86. The number of aryl methyl sites for hydroxylation is 2. The van der Waals surface area contributed by atoms with E-state index < -0.39 is 0 Å². The monoisotopic (exact) mass is 219 g/mol. The lowest BCUT2D eigenvalue weighted by Crippen LogP contribution is -2.26. The molecule has 0 radical (unpaired) electrons. The van der Waals surface area contributed by atoms with Crippen LogP contribution in [0.3, 0.4) is 0 Å². The number of benzene rings is 1. The first kappa shape index (κ1) is 11.6. The number of hydrogen-bond donors (Lipinski definition) is 2. The highest BCUT2D eigenvalue weighted by Gasteiger charge is 2.19. The van der Waals surface area contributed by atoms with Gasteiger partial charge < -0.3 is 10.4 Å². The summed E-state index contributed by atoms with van der Waals surface area (Å²) < 4.78 is 0. The molecule has 0 spiro atoms. The molecule has 16 heavy (non-hydrogen) atoms. The van der Waals surface area contributed by atoms with Gasteiger partial charge >= 0.3 is 0 Å². The molecule has 2 nitrogen and oxygen atoms in total. The minimum atomic E-state index is 0.278. The molecule has 0 saturated heterocycles. The molecule has 1 atom stereocenters. The van der Waals surface area contributed by atoms with Crippen LogP contribution in [-0.2, 0) is 6.42 Å². The summed E-state index contributed by atoms with van der Waals surface area (Å²) in [6, 6.07) is 7.28. The molecule has 1 aromatic rings. The van der Waals surface area contributed by atoms with Crippen molar-refractivity contribution >= 4 is 0 Å². The Morgan fingerprint density at radius 3 is 3.12 bits per heavy atom. The molecular weight excluding hydrogens is 198 g/mol. The standard InChI is InChI=1S/C14H21NO/c1-11-6-7-12-4-2-5-14(13(12)10-11)15-8-3-9-16/h6-7,10,14-16H,2-5,8-9H2,1H3. The molecular formula is C14H21NO. The van der Waals surface area contributed by atoms with Gasteiger partial charge in [0.25, 0.3) is 0 Å². The summed E-state index contributed by atoms with van der Waals surface area (Å²) in [5, 5.41) is 12.3. The summed E-state index contributed by atoms with van der Waals surface area (Å²) in [6.07, 6.45) is 4.56. The first-order valence-electron chi connectivity index (χ1n) is 6.25. The highest BCUT2D eigenvalue weighted by atomic mass is 16.3. The molecule has 0 fully saturated rings. The zero-order valence-corrected chi connectivity index (χ0v) is 10.00. The van der Waals surface area contributed by atoms with E-state index in [1.54, 1.807) is 0 Å². The molecule has 1 aliphatic rings. The van der Waals surface area contributed by atoms with Crippen molar-refractivity contribution in [2.24, 2.45) is 0 Å². The van der Waals surface area contributed by atoms with E-state index in [0.29, 0.717) is 6.04 Å². The molecule has 0 saturated carbocycles. The molecule has 1 aromatic carbocycles. The van der Waals surface area contributed by atoms with Gasteiger partial charge in [-0.25, -0.2) is 0 Å². The minimum absolute atomic E-state index is 0.278. The van der Waals surface area contributed by atoms with Crippen LogP contribution in [0.15, 0.2) is 18.2 Å². The summed E-state index contributed by atoms with van der Waals surface area (Å²) in [6.45, 7) is 3.34. The van der Waals surface area contributed by atoms with E-state index in [0.717, 1.165) is 13.0 Å². The van der Waals surface area contributed by atoms with Gasteiger partial charge in [-0.1, -0.05) is 23.8 Å². The molecule has 2 heteroatoms. The Balaban J connectivity index is 2.09. The second-order valence-electron chi connectivity index (χ2n) is 4.68. The van der Waals surface area contributed by atoms with Gasteiger partial charge in [0.2, 0.25) is 0 Å². The zero-order chi connectivity index (χ0) is 11.4. The van der Waals surface area contributed by atoms with Crippen molar-refractivity contribution in [2.75, 3.05) is 13.2 Å². The van der Waals surface area contributed by atoms with Gasteiger partial charge in [0.1, 0.15) is 0 Å². The number of aliphatic hydroxyl groups is 1. The van der Waals surface area contributed by atoms with Crippen molar-refractivity contribution in [3.63, 3.8) is 0 Å². The van der Waals surface area contributed by atoms with Crippen LogP contribution < -0.4 is 5.32 Å². The summed E-state index contributed by atoms with van der Waals surface area (Å²) in [5.74, 6) is 0. The highest BCUT2D eigenvalue weighted by molar-refractivity contribution is 5.35. The van der Waals surface area contributed by atoms with Gasteiger partial charge in [-0.15, -0.1) is 0 Å². The first-order valence-corrected chi connectivity index (χ1v) is 6.25. The molecule has 0 bridgehead atoms. The highest BCUT2D eigenvalue weighted by Crippen LogP contribution is 2.30. The number of rotatable bonds is 4. The van der Waals surface area contributed by atoms with Gasteiger partial charge in [-0.2, -0.15) is 0 Å². The van der Waals surface area contributed by atoms with Crippen molar-refractivity contribution in [3.05, 3.63) is 34.9 Å². The Hall–Kier alpha value is -0.860. The first-order chi connectivity index (χ1) is 7.81. The molecule has 0 heterocycles. The third kappa shape index (κ3) is 2.63. The lowest BCUT2D eigenvalue weighted by Gasteiger charge is -2.27. The maximum atomic E-state index is 8.80. The lowest BCUT2D eigenvalue weighted by molar-refractivity contribution is 0.281. The fourth-order valence-corrected chi connectivity index (χ4v) is 2.49. The SMILES string of the molecule is Cc1ccc2c(c1)C(NCCCO)CCC2. The quantitative estimate of drug-likeness (QED) is 0.762. The molecule has 0 amide bonds. The Bertz CT molecular complexity index is 349. The zero-order valence-electron chi connectivity index (χ0n) is 10.00. The van der Waals surface area contributed by atoms with Crippen LogP contribution in [-0.4, -0.2) is 18.3 Å². The average Bonchev–Trinajstić information content (AvgIpc) is 2.30. The van der Waals surface area contributed by atoms with Gasteiger partial charge in [0, 0.05) is 12.6 Å². The van der Waals surface area contributed by atoms with Crippen LogP contribution in [0.5, 0.6) is 0 Å². The van der Waals surface area contributed by atoms with Crippen molar-refractivity contribution in [3.8, 4) is 0 Å². The third-order valence-electron chi connectivity index (χ3n) is 3.34. The van der Waals surface area contributed by atoms with E-state index in [1.165, 1.54) is 36.0 Å². The van der Waals surface area contributed by atoms with Gasteiger partial charge in [0.05, 0.1) is 0 Å². The van der Waals surface area contributed by atoms with E-state index in [2.05, 4.69) is 30.4 Å². The number of nitrogens with one attached hydrogen (secondary N) is 1. The normalized spacial score (nSPS) is 19.5. The molecule has 1 unspecified atom stereocenters. The number of fused-ring (bicyclic) bond motifs is 1. The largest absolute Gasteiger partial charge is 0.396 e. The Labute approximate surface area is 97.7 Å². The molecule has 1 aliphatic carbocycles. The average molecular weight is 219 g/mol. The third-order valence-corrected chi connectivity index (χ3v) is 3.34. The Morgan fingerprint density at radius 2 is 2.31 bits per heavy atom. The molecule has 2 rings (SSSR count). The maximum Gasteiger partial charge on any atom is 0.0443 e. The fraction of sp³-hybridized carbons (Fsp3) is 0.571. The number of hydrogen-bond acceptors (Lipinski definition) is 2. The second-order valence-corrected chi connectivity index (χ2v) is 4.68. The summed E-state index contributed by atoms with van der Waals surface area (Å²) >= 11 is 0. The Kier molecular flexibility index (Phi) is 3.97. The van der Waals surface area contributed by atoms with Crippen molar-refractivity contribution < 1.29 is 5.11 Å². The molecule has 88 valence electrons. The topological polar surface area (TPSA) is 32.3 Å². The predicted octanol–water partition coefficient (Wildman–Crippen LogP) is 2.34. The van der Waals surface area contributed by atoms with Crippen molar-refractivity contribution in [1.29, 1.82) is 0 Å². The minimum Gasteiger partial charge on any atom is -0.396 e.